The van der Waals surface area contributed by atoms with Crippen LogP contribution in [0, 0.1) is 14.9 Å². The van der Waals surface area contributed by atoms with E-state index in [2.05, 4.69) is 55.4 Å². The maximum absolute atomic E-state index is 2.17. The second kappa shape index (κ2) is 29.2. The van der Waals surface area contributed by atoms with Crippen molar-refractivity contribution in [3.63, 3.8) is 0 Å². The Bertz CT molecular complexity index is 38.0. The zero-order chi connectivity index (χ0) is 7.15. The van der Waals surface area contributed by atoms with Crippen molar-refractivity contribution in [1.29, 1.82) is 0 Å². The van der Waals surface area contributed by atoms with Crippen LogP contribution in [0.1, 0.15) is 13.8 Å². The third-order valence-corrected chi connectivity index (χ3v) is 1.03. The number of hydrogen-bond acceptors (Lipinski definition) is 2. The summed E-state index contributed by atoms with van der Waals surface area (Å²) in [6.07, 6.45) is 0. The molecule has 0 radical (unpaired) electrons. The van der Waals surface area contributed by atoms with Gasteiger partial charge in [0.25, 0.3) is 0 Å². The molecule has 0 rings (SSSR count). The minimum Gasteiger partial charge on any atom is -0.358 e. The zero-order valence-corrected chi connectivity index (χ0v) is 15.4. The molecule has 0 aliphatic rings. The molecule has 3 N–H and O–H groups in total. The average molecular weight is 315 g/mol. The first kappa shape index (κ1) is 36.7. The van der Waals surface area contributed by atoms with Gasteiger partial charge in [-0.15, -0.1) is 0 Å². The van der Waals surface area contributed by atoms with Crippen molar-refractivity contribution in [2.24, 2.45) is 0 Å². The van der Waals surface area contributed by atoms with Gasteiger partial charge in [0.05, 0.1) is 0 Å². The molecule has 0 aromatic heterocycles. The Labute approximate surface area is 136 Å². The number of hydrogen-bond donors (Lipinski definition) is 1. The number of halogens is 1. The smallest absolute Gasteiger partial charge is 0.358 e. The van der Waals surface area contributed by atoms with Crippen molar-refractivity contribution in [3.8, 4) is 0 Å². The van der Waals surface area contributed by atoms with Gasteiger partial charge in [0, 0.05) is 6.04 Å². The predicted octanol–water partition coefficient (Wildman–Crippen LogP) is 0.0742. The van der Waals surface area contributed by atoms with Crippen molar-refractivity contribution in [3.05, 3.63) is 14.9 Å². The third-order valence-electron chi connectivity index (χ3n) is 1.03. The molecule has 0 spiro atoms. The third kappa shape index (κ3) is 39.6. The summed E-state index contributed by atoms with van der Waals surface area (Å²) in [4.78, 5) is 4.14. The van der Waals surface area contributed by atoms with Crippen LogP contribution in [0.2, 0.25) is 0 Å². The van der Waals surface area contributed by atoms with E-state index in [1.807, 2.05) is 4.93 Å². The van der Waals surface area contributed by atoms with E-state index in [1.165, 1.54) is 0 Å². The van der Waals surface area contributed by atoms with E-state index in [4.69, 9.17) is 0 Å². The van der Waals surface area contributed by atoms with Crippen LogP contribution in [0.5, 0.6) is 0 Å². The van der Waals surface area contributed by atoms with Gasteiger partial charge in [-0.2, -0.15) is 0 Å². The van der Waals surface area contributed by atoms with E-state index in [1.54, 1.807) is 0 Å². The van der Waals surface area contributed by atoms with Crippen molar-refractivity contribution in [2.75, 3.05) is 19.0 Å². The molecular weight excluding hydrogens is 290 g/mol. The van der Waals surface area contributed by atoms with Gasteiger partial charge in [-0.05, 0) is 32.9 Å². The summed E-state index contributed by atoms with van der Waals surface area (Å²) in [5.41, 5.74) is 0. The van der Waals surface area contributed by atoms with Gasteiger partial charge in [-0.1, -0.05) is 22.6 Å². The van der Waals surface area contributed by atoms with Crippen LogP contribution < -0.4 is 57.5 Å². The van der Waals surface area contributed by atoms with Gasteiger partial charge < -0.3 is 25.9 Å². The molecule has 0 unspecified atom stereocenters. The van der Waals surface area contributed by atoms with Gasteiger partial charge in [0.1, 0.15) is 0 Å². The van der Waals surface area contributed by atoms with Gasteiger partial charge in [-0.3, -0.25) is 0 Å². The molecule has 0 amide bonds. The number of alkyl halides is 1. The standard InChI is InChI=1S/C5H13N.CH3I.2CH3.K.H3N/c1-5(2)6(3)4;1-2;;;;/h5H,1-4H3;1H3;2*1H3;;1H3/q;;2*-1;+1;. The summed E-state index contributed by atoms with van der Waals surface area (Å²) < 4.78 is 0. The van der Waals surface area contributed by atoms with Crippen LogP contribution >= 0.6 is 22.6 Å². The number of rotatable bonds is 1. The Kier molecular flexibility index (Phi) is 89.4. The molecular formula is C8H25IKN2-. The predicted molar refractivity (Wildman–Crippen MR) is 66.6 cm³/mol. The molecule has 2 nitrogen and oxygen atoms in total. The van der Waals surface area contributed by atoms with Gasteiger partial charge in [0.15, 0.2) is 0 Å². The molecule has 0 heterocycles. The van der Waals surface area contributed by atoms with E-state index in [9.17, 15) is 0 Å². The zero-order valence-electron chi connectivity index (χ0n) is 10.1. The summed E-state index contributed by atoms with van der Waals surface area (Å²) in [7, 11) is 4.15. The molecule has 12 heavy (non-hydrogen) atoms. The maximum atomic E-state index is 2.17. The molecule has 4 heteroatoms. The van der Waals surface area contributed by atoms with Crippen molar-refractivity contribution < 1.29 is 51.4 Å². The minimum absolute atomic E-state index is 0. The largest absolute Gasteiger partial charge is 1.00 e. The van der Waals surface area contributed by atoms with E-state index in [0.29, 0.717) is 6.04 Å². The first-order chi connectivity index (χ1) is 3.64. The second-order valence-electron chi connectivity index (χ2n) is 2.06. The molecule has 0 saturated heterocycles. The van der Waals surface area contributed by atoms with Crippen LogP contribution in [0.15, 0.2) is 0 Å². The molecule has 0 saturated carbocycles. The van der Waals surface area contributed by atoms with Gasteiger partial charge >= 0.3 is 51.4 Å². The fraction of sp³-hybridized carbons (Fsp3) is 0.750. The topological polar surface area (TPSA) is 38.2 Å². The van der Waals surface area contributed by atoms with Gasteiger partial charge in [-0.25, -0.2) is 0 Å². The van der Waals surface area contributed by atoms with Crippen LogP contribution in [0.3, 0.4) is 0 Å². The summed E-state index contributed by atoms with van der Waals surface area (Å²) >= 11 is 2.15. The normalized spacial score (nSPS) is 6.00. The SMILES string of the molecule is CC(C)N(C)C.CI.N.[CH3-].[CH3-].[K+]. The first-order valence-corrected chi connectivity index (χ1v) is 4.84. The fourth-order valence-electron chi connectivity index (χ4n) is 0. The molecule has 0 atom stereocenters. The van der Waals surface area contributed by atoms with Crippen molar-refractivity contribution >= 4 is 22.6 Å². The summed E-state index contributed by atoms with van der Waals surface area (Å²) in [5.74, 6) is 0. The molecule has 76 valence electrons. The Morgan fingerprint density at radius 3 is 1.08 bits per heavy atom. The van der Waals surface area contributed by atoms with Crippen LogP contribution in [-0.4, -0.2) is 30.0 Å². The summed E-state index contributed by atoms with van der Waals surface area (Å²) in [6, 6.07) is 0.685. The Morgan fingerprint density at radius 2 is 1.08 bits per heavy atom. The van der Waals surface area contributed by atoms with E-state index in [-0.39, 0.29) is 72.4 Å². The van der Waals surface area contributed by atoms with Crippen molar-refractivity contribution in [1.82, 2.24) is 11.1 Å². The Hall–Kier alpha value is 2.29. The monoisotopic (exact) mass is 315 g/mol. The fourth-order valence-corrected chi connectivity index (χ4v) is 0. The Morgan fingerprint density at radius 1 is 1.00 bits per heavy atom. The van der Waals surface area contributed by atoms with Crippen LogP contribution in [0.4, 0.5) is 0 Å². The van der Waals surface area contributed by atoms with E-state index >= 15 is 0 Å². The quantitative estimate of drug-likeness (QED) is 0.322. The van der Waals surface area contributed by atoms with Crippen LogP contribution in [0.25, 0.3) is 0 Å². The maximum Gasteiger partial charge on any atom is 1.00 e. The molecule has 0 aliphatic heterocycles. The minimum atomic E-state index is 0. The first-order valence-electron chi connectivity index (χ1n) is 2.69. The second-order valence-corrected chi connectivity index (χ2v) is 2.06. The molecule has 0 aliphatic carbocycles. The molecule has 0 bridgehead atoms. The van der Waals surface area contributed by atoms with E-state index in [0.717, 1.165) is 0 Å². The Balaban J connectivity index is -0.0000000140. The summed E-state index contributed by atoms with van der Waals surface area (Å²) in [5, 5.41) is 0. The molecule has 0 aromatic carbocycles. The molecule has 0 aromatic rings. The van der Waals surface area contributed by atoms with Crippen molar-refractivity contribution in [2.45, 2.75) is 19.9 Å². The molecule has 0 fully saturated rings. The van der Waals surface area contributed by atoms with E-state index < -0.39 is 0 Å². The number of nitrogens with zero attached hydrogens (tertiary/aromatic N) is 1. The van der Waals surface area contributed by atoms with Gasteiger partial charge in [0.2, 0.25) is 0 Å². The van der Waals surface area contributed by atoms with Crippen LogP contribution in [-0.2, 0) is 0 Å². The summed E-state index contributed by atoms with van der Waals surface area (Å²) in [6.45, 7) is 4.33. The average Bonchev–Trinajstić information content (AvgIpc) is 1.72.